The molecular weight excluding hydrogens is 272 g/mol. The SMILES string of the molecule is C1=CC=CNC=C1.O.c1ccc2nc3ccccc3cc2c1. The van der Waals surface area contributed by atoms with Gasteiger partial charge >= 0.3 is 0 Å². The molecule has 0 atom stereocenters. The number of aromatic nitrogens is 1. The van der Waals surface area contributed by atoms with E-state index in [2.05, 4.69) is 28.5 Å². The van der Waals surface area contributed by atoms with Crippen LogP contribution in [-0.2, 0) is 0 Å². The standard InChI is InChI=1S/C13H9N.C6H7N.H2O/c1-3-7-12-10(5-1)9-11-6-2-4-8-13(11)14-12;1-2-4-6-7-5-3-1;/h1-9H;1-7H;1H2. The van der Waals surface area contributed by atoms with Gasteiger partial charge in [0, 0.05) is 23.2 Å². The maximum atomic E-state index is 4.58. The van der Waals surface area contributed by atoms with Crippen LogP contribution in [0.3, 0.4) is 0 Å². The lowest BCUT2D eigenvalue weighted by atomic mass is 10.1. The fraction of sp³-hybridized carbons (Fsp3) is 0. The number of para-hydroxylation sites is 2. The van der Waals surface area contributed by atoms with E-state index in [0.717, 1.165) is 11.0 Å². The Kier molecular flexibility index (Phi) is 5.46. The van der Waals surface area contributed by atoms with Crippen molar-refractivity contribution in [3.05, 3.63) is 91.3 Å². The number of nitrogens with zero attached hydrogens (tertiary/aromatic N) is 1. The van der Waals surface area contributed by atoms with Crippen LogP contribution in [0.4, 0.5) is 0 Å². The van der Waals surface area contributed by atoms with Crippen molar-refractivity contribution in [2.45, 2.75) is 0 Å². The third-order valence-corrected chi connectivity index (χ3v) is 3.14. The van der Waals surface area contributed by atoms with E-state index in [1.54, 1.807) is 0 Å². The van der Waals surface area contributed by atoms with E-state index in [9.17, 15) is 0 Å². The van der Waals surface area contributed by atoms with Gasteiger partial charge in [0.15, 0.2) is 0 Å². The fourth-order valence-electron chi connectivity index (χ4n) is 2.13. The Morgan fingerprint density at radius 1 is 0.636 bits per heavy atom. The van der Waals surface area contributed by atoms with Crippen molar-refractivity contribution in [1.29, 1.82) is 0 Å². The van der Waals surface area contributed by atoms with E-state index < -0.39 is 0 Å². The fourth-order valence-corrected chi connectivity index (χ4v) is 2.13. The van der Waals surface area contributed by atoms with Gasteiger partial charge in [-0.15, -0.1) is 0 Å². The van der Waals surface area contributed by atoms with Gasteiger partial charge in [0.05, 0.1) is 11.0 Å². The number of pyridine rings is 1. The van der Waals surface area contributed by atoms with Gasteiger partial charge < -0.3 is 10.8 Å². The highest BCUT2D eigenvalue weighted by Gasteiger charge is 1.96. The van der Waals surface area contributed by atoms with E-state index in [1.165, 1.54) is 10.8 Å². The quantitative estimate of drug-likeness (QED) is 0.641. The van der Waals surface area contributed by atoms with Crippen molar-refractivity contribution in [2.24, 2.45) is 0 Å². The normalized spacial score (nSPS) is 12.0. The summed E-state index contributed by atoms with van der Waals surface area (Å²) in [7, 11) is 0. The Labute approximate surface area is 129 Å². The highest BCUT2D eigenvalue weighted by molar-refractivity contribution is 5.92. The van der Waals surface area contributed by atoms with Crippen LogP contribution >= 0.6 is 0 Å². The summed E-state index contributed by atoms with van der Waals surface area (Å²) >= 11 is 0. The minimum absolute atomic E-state index is 0. The van der Waals surface area contributed by atoms with E-state index in [-0.39, 0.29) is 5.48 Å². The summed E-state index contributed by atoms with van der Waals surface area (Å²) < 4.78 is 0. The van der Waals surface area contributed by atoms with Gasteiger partial charge in [-0.3, -0.25) is 0 Å². The number of rotatable bonds is 0. The summed E-state index contributed by atoms with van der Waals surface area (Å²) in [5.41, 5.74) is 2.12. The number of nitrogens with one attached hydrogen (secondary N) is 1. The van der Waals surface area contributed by atoms with Crippen molar-refractivity contribution >= 4 is 21.8 Å². The van der Waals surface area contributed by atoms with E-state index in [4.69, 9.17) is 0 Å². The first-order valence-corrected chi connectivity index (χ1v) is 6.92. The summed E-state index contributed by atoms with van der Waals surface area (Å²) in [6.07, 6.45) is 11.6. The Balaban J connectivity index is 0.000000189. The summed E-state index contributed by atoms with van der Waals surface area (Å²) in [6.45, 7) is 0. The molecule has 0 amide bonds. The molecule has 1 aliphatic heterocycles. The highest BCUT2D eigenvalue weighted by Crippen LogP contribution is 2.18. The molecule has 0 radical (unpaired) electrons. The molecule has 110 valence electrons. The molecule has 22 heavy (non-hydrogen) atoms. The van der Waals surface area contributed by atoms with Crippen molar-refractivity contribution in [3.8, 4) is 0 Å². The Morgan fingerprint density at radius 2 is 1.14 bits per heavy atom. The molecule has 0 saturated heterocycles. The summed E-state index contributed by atoms with van der Waals surface area (Å²) in [5, 5.41) is 5.32. The Hall–Kier alpha value is -2.91. The number of hydrogen-bond donors (Lipinski definition) is 1. The molecule has 0 saturated carbocycles. The second-order valence-corrected chi connectivity index (χ2v) is 4.64. The third kappa shape index (κ3) is 3.81. The van der Waals surface area contributed by atoms with E-state index >= 15 is 0 Å². The molecule has 4 rings (SSSR count). The molecule has 3 nitrogen and oxygen atoms in total. The average Bonchev–Trinajstić information content (AvgIpc) is 2.86. The molecule has 1 aliphatic rings. The predicted octanol–water partition coefficient (Wildman–Crippen LogP) is 3.74. The zero-order chi connectivity index (χ0) is 14.3. The van der Waals surface area contributed by atoms with Crippen LogP contribution in [0.15, 0.2) is 91.3 Å². The van der Waals surface area contributed by atoms with Crippen LogP contribution in [0.1, 0.15) is 0 Å². The number of fused-ring (bicyclic) bond motifs is 2. The number of allylic oxidation sites excluding steroid dienone is 4. The van der Waals surface area contributed by atoms with Crippen molar-refractivity contribution in [2.75, 3.05) is 0 Å². The summed E-state index contributed by atoms with van der Waals surface area (Å²) in [5.74, 6) is 0. The van der Waals surface area contributed by atoms with Crippen LogP contribution in [0.2, 0.25) is 0 Å². The molecule has 3 N–H and O–H groups in total. The molecule has 2 heterocycles. The third-order valence-electron chi connectivity index (χ3n) is 3.14. The van der Waals surface area contributed by atoms with Gasteiger partial charge in [-0.25, -0.2) is 4.98 Å². The molecule has 0 spiro atoms. The lowest BCUT2D eigenvalue weighted by molar-refractivity contribution is 0.824. The molecule has 0 unspecified atom stereocenters. The van der Waals surface area contributed by atoms with Gasteiger partial charge in [-0.1, -0.05) is 48.6 Å². The van der Waals surface area contributed by atoms with Crippen molar-refractivity contribution < 1.29 is 5.48 Å². The molecule has 3 aromatic rings. The maximum Gasteiger partial charge on any atom is 0.0709 e. The van der Waals surface area contributed by atoms with Gasteiger partial charge in [0.2, 0.25) is 0 Å². The second kappa shape index (κ2) is 7.76. The predicted molar refractivity (Wildman–Crippen MR) is 93.4 cm³/mol. The van der Waals surface area contributed by atoms with Gasteiger partial charge in [0.1, 0.15) is 0 Å². The number of benzene rings is 2. The van der Waals surface area contributed by atoms with Crippen LogP contribution < -0.4 is 5.32 Å². The molecule has 2 aromatic carbocycles. The topological polar surface area (TPSA) is 56.4 Å². The largest absolute Gasteiger partial charge is 0.412 e. The summed E-state index contributed by atoms with van der Waals surface area (Å²) in [6, 6.07) is 18.6. The maximum absolute atomic E-state index is 4.58. The van der Waals surface area contributed by atoms with Crippen molar-refractivity contribution in [1.82, 2.24) is 10.3 Å². The minimum atomic E-state index is 0. The molecule has 0 bridgehead atoms. The Bertz CT molecular complexity index is 716. The molecular formula is C19H18N2O. The van der Waals surface area contributed by atoms with Crippen LogP contribution in [0.5, 0.6) is 0 Å². The van der Waals surface area contributed by atoms with Crippen LogP contribution in [0.25, 0.3) is 21.8 Å². The first-order chi connectivity index (χ1) is 10.4. The lowest BCUT2D eigenvalue weighted by Crippen LogP contribution is -1.87. The molecule has 0 fully saturated rings. The smallest absolute Gasteiger partial charge is 0.0709 e. The number of hydrogen-bond acceptors (Lipinski definition) is 2. The van der Waals surface area contributed by atoms with Gasteiger partial charge in [0.25, 0.3) is 0 Å². The second-order valence-electron chi connectivity index (χ2n) is 4.64. The molecule has 3 heteroatoms. The Morgan fingerprint density at radius 3 is 1.68 bits per heavy atom. The van der Waals surface area contributed by atoms with Crippen LogP contribution in [-0.4, -0.2) is 10.5 Å². The first-order valence-electron chi connectivity index (χ1n) is 6.92. The summed E-state index contributed by atoms with van der Waals surface area (Å²) in [4.78, 5) is 4.58. The van der Waals surface area contributed by atoms with E-state index in [1.807, 2.05) is 73.1 Å². The van der Waals surface area contributed by atoms with Gasteiger partial charge in [-0.05, 0) is 30.4 Å². The first kappa shape index (κ1) is 15.5. The zero-order valence-electron chi connectivity index (χ0n) is 12.1. The van der Waals surface area contributed by atoms with Gasteiger partial charge in [-0.2, -0.15) is 0 Å². The lowest BCUT2D eigenvalue weighted by Gasteiger charge is -1.99. The highest BCUT2D eigenvalue weighted by atomic mass is 16.0. The minimum Gasteiger partial charge on any atom is -0.412 e. The average molecular weight is 290 g/mol. The molecule has 0 aliphatic carbocycles. The van der Waals surface area contributed by atoms with Crippen LogP contribution in [0, 0.1) is 0 Å². The zero-order valence-corrected chi connectivity index (χ0v) is 12.1. The van der Waals surface area contributed by atoms with Crippen molar-refractivity contribution in [3.63, 3.8) is 0 Å². The molecule has 1 aromatic heterocycles. The monoisotopic (exact) mass is 290 g/mol. The van der Waals surface area contributed by atoms with E-state index in [0.29, 0.717) is 0 Å².